The molecule has 1 rings (SSSR count). The average Bonchev–Trinajstić information content (AvgIpc) is 2.11. The van der Waals surface area contributed by atoms with Crippen LogP contribution in [0, 0.1) is 5.92 Å². The van der Waals surface area contributed by atoms with E-state index in [1.807, 2.05) is 0 Å². The molecular weight excluding hydrogens is 174 g/mol. The zero-order valence-electron chi connectivity index (χ0n) is 7.78. The Bertz CT molecular complexity index is 235. The van der Waals surface area contributed by atoms with Crippen LogP contribution < -0.4 is 0 Å². The SMILES string of the molecule is CC1CCCN(S(C)(=O)=O)CC1. The fourth-order valence-electron chi connectivity index (χ4n) is 1.57. The molecule has 0 amide bonds. The van der Waals surface area contributed by atoms with E-state index in [-0.39, 0.29) is 0 Å². The van der Waals surface area contributed by atoms with Crippen molar-refractivity contribution < 1.29 is 8.42 Å². The van der Waals surface area contributed by atoms with Gasteiger partial charge < -0.3 is 0 Å². The summed E-state index contributed by atoms with van der Waals surface area (Å²) in [6.45, 7) is 3.61. The van der Waals surface area contributed by atoms with E-state index in [2.05, 4.69) is 6.92 Å². The van der Waals surface area contributed by atoms with Crippen molar-refractivity contribution in [1.29, 1.82) is 0 Å². The molecule has 1 fully saturated rings. The maximum Gasteiger partial charge on any atom is 0.211 e. The molecule has 1 saturated heterocycles. The van der Waals surface area contributed by atoms with Crippen LogP contribution in [0.5, 0.6) is 0 Å². The molecule has 1 heterocycles. The highest BCUT2D eigenvalue weighted by Gasteiger charge is 2.20. The highest BCUT2D eigenvalue weighted by atomic mass is 32.2. The average molecular weight is 191 g/mol. The van der Waals surface area contributed by atoms with E-state index in [9.17, 15) is 8.42 Å². The molecule has 0 aromatic rings. The van der Waals surface area contributed by atoms with E-state index in [0.717, 1.165) is 19.3 Å². The fourth-order valence-corrected chi connectivity index (χ4v) is 2.47. The van der Waals surface area contributed by atoms with Gasteiger partial charge in [-0.15, -0.1) is 0 Å². The molecule has 0 aromatic carbocycles. The predicted octanol–water partition coefficient (Wildman–Crippen LogP) is 1.07. The summed E-state index contributed by atoms with van der Waals surface area (Å²) in [5, 5.41) is 0. The van der Waals surface area contributed by atoms with Gasteiger partial charge in [0.25, 0.3) is 0 Å². The standard InChI is InChI=1S/C8H17NO2S/c1-8-4-3-6-9(7-5-8)12(2,10)11/h8H,3-7H2,1-2H3. The highest BCUT2D eigenvalue weighted by Crippen LogP contribution is 2.17. The summed E-state index contributed by atoms with van der Waals surface area (Å²) in [6, 6.07) is 0. The number of nitrogens with zero attached hydrogens (tertiary/aromatic N) is 1. The van der Waals surface area contributed by atoms with Gasteiger partial charge in [0.15, 0.2) is 0 Å². The monoisotopic (exact) mass is 191 g/mol. The largest absolute Gasteiger partial charge is 0.213 e. The molecule has 1 unspecified atom stereocenters. The second-order valence-corrected chi connectivity index (χ2v) is 5.68. The van der Waals surface area contributed by atoms with Gasteiger partial charge in [-0.25, -0.2) is 12.7 Å². The molecule has 0 N–H and O–H groups in total. The number of rotatable bonds is 1. The second-order valence-electron chi connectivity index (χ2n) is 3.70. The first-order chi connectivity index (χ1) is 5.50. The molecule has 12 heavy (non-hydrogen) atoms. The quantitative estimate of drug-likeness (QED) is 0.621. The number of sulfonamides is 1. The van der Waals surface area contributed by atoms with E-state index in [0.29, 0.717) is 19.0 Å². The third-order valence-electron chi connectivity index (χ3n) is 2.44. The Balaban J connectivity index is 2.58. The molecule has 0 radical (unpaired) electrons. The summed E-state index contributed by atoms with van der Waals surface area (Å²) < 4.78 is 23.9. The van der Waals surface area contributed by atoms with E-state index in [1.165, 1.54) is 6.26 Å². The topological polar surface area (TPSA) is 37.4 Å². The summed E-state index contributed by atoms with van der Waals surface area (Å²) in [5.74, 6) is 0.678. The lowest BCUT2D eigenvalue weighted by Crippen LogP contribution is -2.30. The molecule has 0 saturated carbocycles. The lowest BCUT2D eigenvalue weighted by molar-refractivity contribution is 0.420. The maximum absolute atomic E-state index is 11.2. The van der Waals surface area contributed by atoms with Crippen LogP contribution in [-0.4, -0.2) is 32.1 Å². The van der Waals surface area contributed by atoms with Gasteiger partial charge in [-0.05, 0) is 25.2 Å². The lowest BCUT2D eigenvalue weighted by Gasteiger charge is -2.16. The van der Waals surface area contributed by atoms with Crippen LogP contribution >= 0.6 is 0 Å². The van der Waals surface area contributed by atoms with E-state index in [1.54, 1.807) is 4.31 Å². The van der Waals surface area contributed by atoms with Crippen LogP contribution in [0.25, 0.3) is 0 Å². The van der Waals surface area contributed by atoms with Crippen LogP contribution in [0.4, 0.5) is 0 Å². The second kappa shape index (κ2) is 3.75. The van der Waals surface area contributed by atoms with Gasteiger partial charge in [-0.2, -0.15) is 0 Å². The van der Waals surface area contributed by atoms with Crippen molar-refractivity contribution in [3.8, 4) is 0 Å². The van der Waals surface area contributed by atoms with Crippen LogP contribution in [0.15, 0.2) is 0 Å². The van der Waals surface area contributed by atoms with Crippen LogP contribution in [0.2, 0.25) is 0 Å². The Labute approximate surface area is 74.8 Å². The Kier molecular flexibility index (Phi) is 3.12. The number of hydrogen-bond donors (Lipinski definition) is 0. The summed E-state index contributed by atoms with van der Waals surface area (Å²) >= 11 is 0. The van der Waals surface area contributed by atoms with Crippen molar-refractivity contribution in [2.75, 3.05) is 19.3 Å². The Hall–Kier alpha value is -0.0900. The summed E-state index contributed by atoms with van der Waals surface area (Å²) in [5.41, 5.74) is 0. The first-order valence-corrected chi connectivity index (χ1v) is 6.30. The molecule has 1 aliphatic heterocycles. The molecule has 0 bridgehead atoms. The fraction of sp³-hybridized carbons (Fsp3) is 1.00. The first-order valence-electron chi connectivity index (χ1n) is 4.45. The minimum Gasteiger partial charge on any atom is -0.213 e. The molecule has 4 heteroatoms. The van der Waals surface area contributed by atoms with E-state index >= 15 is 0 Å². The summed E-state index contributed by atoms with van der Waals surface area (Å²) in [7, 11) is -2.94. The number of hydrogen-bond acceptors (Lipinski definition) is 2. The molecule has 0 aliphatic carbocycles. The molecule has 1 aliphatic rings. The minimum atomic E-state index is -2.94. The molecule has 0 spiro atoms. The van der Waals surface area contributed by atoms with Crippen molar-refractivity contribution >= 4 is 10.0 Å². The van der Waals surface area contributed by atoms with Gasteiger partial charge >= 0.3 is 0 Å². The summed E-state index contributed by atoms with van der Waals surface area (Å²) in [6.07, 6.45) is 4.47. The normalized spacial score (nSPS) is 28.3. The molecule has 72 valence electrons. The van der Waals surface area contributed by atoms with Crippen molar-refractivity contribution in [3.05, 3.63) is 0 Å². The Morgan fingerprint density at radius 1 is 1.25 bits per heavy atom. The lowest BCUT2D eigenvalue weighted by atomic mass is 10.0. The maximum atomic E-state index is 11.2. The third kappa shape index (κ3) is 2.75. The van der Waals surface area contributed by atoms with Gasteiger partial charge in [0.2, 0.25) is 10.0 Å². The van der Waals surface area contributed by atoms with Gasteiger partial charge in [0.1, 0.15) is 0 Å². The van der Waals surface area contributed by atoms with Gasteiger partial charge in [-0.3, -0.25) is 0 Å². The highest BCUT2D eigenvalue weighted by molar-refractivity contribution is 7.88. The third-order valence-corrected chi connectivity index (χ3v) is 3.75. The smallest absolute Gasteiger partial charge is 0.211 e. The zero-order valence-corrected chi connectivity index (χ0v) is 8.60. The molecule has 1 atom stereocenters. The van der Waals surface area contributed by atoms with Crippen LogP contribution in [0.3, 0.4) is 0 Å². The van der Waals surface area contributed by atoms with Gasteiger partial charge in [0.05, 0.1) is 6.26 Å². The molecule has 3 nitrogen and oxygen atoms in total. The van der Waals surface area contributed by atoms with E-state index in [4.69, 9.17) is 0 Å². The first kappa shape index (κ1) is 9.99. The van der Waals surface area contributed by atoms with Crippen LogP contribution in [0.1, 0.15) is 26.2 Å². The van der Waals surface area contributed by atoms with Gasteiger partial charge in [-0.1, -0.05) is 6.92 Å². The molecule has 0 aromatic heterocycles. The Morgan fingerprint density at radius 3 is 2.50 bits per heavy atom. The predicted molar refractivity (Wildman–Crippen MR) is 49.4 cm³/mol. The van der Waals surface area contributed by atoms with E-state index < -0.39 is 10.0 Å². The molecular formula is C8H17NO2S. The van der Waals surface area contributed by atoms with Crippen molar-refractivity contribution in [2.24, 2.45) is 5.92 Å². The zero-order chi connectivity index (χ0) is 9.19. The van der Waals surface area contributed by atoms with Crippen molar-refractivity contribution in [1.82, 2.24) is 4.31 Å². The van der Waals surface area contributed by atoms with Crippen molar-refractivity contribution in [2.45, 2.75) is 26.2 Å². The summed E-state index contributed by atoms with van der Waals surface area (Å²) in [4.78, 5) is 0. The van der Waals surface area contributed by atoms with Crippen molar-refractivity contribution in [3.63, 3.8) is 0 Å². The van der Waals surface area contributed by atoms with Crippen LogP contribution in [-0.2, 0) is 10.0 Å². The minimum absolute atomic E-state index is 0.678. The Morgan fingerprint density at radius 2 is 1.92 bits per heavy atom. The van der Waals surface area contributed by atoms with Gasteiger partial charge in [0, 0.05) is 13.1 Å².